The van der Waals surface area contributed by atoms with Crippen molar-refractivity contribution in [3.8, 4) is 0 Å². The normalized spacial score (nSPS) is 18.0. The molecule has 24 heavy (non-hydrogen) atoms. The third kappa shape index (κ3) is 3.30. The van der Waals surface area contributed by atoms with E-state index < -0.39 is 0 Å². The predicted octanol–water partition coefficient (Wildman–Crippen LogP) is 3.15. The van der Waals surface area contributed by atoms with Crippen LogP contribution in [0, 0.1) is 0 Å². The van der Waals surface area contributed by atoms with Gasteiger partial charge in [0, 0.05) is 37.6 Å². The summed E-state index contributed by atoms with van der Waals surface area (Å²) in [6.07, 6.45) is 1.65. The summed E-state index contributed by atoms with van der Waals surface area (Å²) in [5.41, 5.74) is 1.02. The molecule has 3 aromatic heterocycles. The van der Waals surface area contributed by atoms with Crippen molar-refractivity contribution in [2.24, 2.45) is 0 Å². The highest BCUT2D eigenvalue weighted by molar-refractivity contribution is 7.17. The van der Waals surface area contributed by atoms with Gasteiger partial charge in [0.15, 0.2) is 0 Å². The maximum absolute atomic E-state index is 4.45. The predicted molar refractivity (Wildman–Crippen MR) is 102 cm³/mol. The Hall–Kier alpha value is -1.54. The lowest BCUT2D eigenvalue weighted by molar-refractivity contribution is 0.118. The third-order valence-corrected chi connectivity index (χ3v) is 6.44. The summed E-state index contributed by atoms with van der Waals surface area (Å²) in [4.78, 5) is 15.2. The van der Waals surface area contributed by atoms with E-state index in [0.29, 0.717) is 6.04 Å². The van der Waals surface area contributed by atoms with Gasteiger partial charge in [0.2, 0.25) is 0 Å². The summed E-state index contributed by atoms with van der Waals surface area (Å²) in [5.74, 6) is 0.950. The summed E-state index contributed by atoms with van der Waals surface area (Å²) < 4.78 is 1.14. The molecule has 1 saturated heterocycles. The molecule has 0 bridgehead atoms. The van der Waals surface area contributed by atoms with Gasteiger partial charge in [0.25, 0.3) is 0 Å². The molecule has 1 fully saturated rings. The minimum Gasteiger partial charge on any atom is -0.367 e. The molecular weight excluding hydrogens is 338 g/mol. The van der Waals surface area contributed by atoms with Crippen molar-refractivity contribution in [1.82, 2.24) is 19.8 Å². The lowest BCUT2D eigenvalue weighted by Crippen LogP contribution is -2.47. The summed E-state index contributed by atoms with van der Waals surface area (Å²) >= 11 is 3.53. The first-order valence-corrected chi connectivity index (χ1v) is 9.95. The van der Waals surface area contributed by atoms with Crippen molar-refractivity contribution >= 4 is 38.7 Å². The maximum atomic E-state index is 4.45. The number of fused-ring (bicyclic) bond motifs is 1. The Kier molecular flexibility index (Phi) is 4.75. The van der Waals surface area contributed by atoms with Crippen LogP contribution in [0.5, 0.6) is 0 Å². The SMILES string of the molecule is CN1CCN([C@@H](CNc2ncnc3ccsc23)c2cccs2)CC1. The van der Waals surface area contributed by atoms with E-state index in [9.17, 15) is 0 Å². The van der Waals surface area contributed by atoms with Gasteiger partial charge < -0.3 is 10.2 Å². The topological polar surface area (TPSA) is 44.3 Å². The van der Waals surface area contributed by atoms with Gasteiger partial charge in [-0.05, 0) is 29.9 Å². The fraction of sp³-hybridized carbons (Fsp3) is 0.412. The van der Waals surface area contributed by atoms with Crippen molar-refractivity contribution < 1.29 is 0 Å². The Labute approximate surface area is 150 Å². The van der Waals surface area contributed by atoms with Gasteiger partial charge in [-0.2, -0.15) is 0 Å². The van der Waals surface area contributed by atoms with Crippen LogP contribution >= 0.6 is 22.7 Å². The number of hydrogen-bond donors (Lipinski definition) is 1. The van der Waals surface area contributed by atoms with E-state index in [0.717, 1.165) is 48.8 Å². The van der Waals surface area contributed by atoms with Crippen LogP contribution in [0.4, 0.5) is 5.82 Å². The average molecular weight is 360 g/mol. The third-order valence-electron chi connectivity index (χ3n) is 4.56. The molecule has 1 N–H and O–H groups in total. The van der Waals surface area contributed by atoms with Crippen LogP contribution in [0.3, 0.4) is 0 Å². The second-order valence-corrected chi connectivity index (χ2v) is 8.00. The van der Waals surface area contributed by atoms with Gasteiger partial charge in [-0.3, -0.25) is 4.90 Å². The van der Waals surface area contributed by atoms with E-state index in [1.807, 2.05) is 17.4 Å². The van der Waals surface area contributed by atoms with Crippen molar-refractivity contribution in [2.75, 3.05) is 45.1 Å². The first kappa shape index (κ1) is 16.0. The van der Waals surface area contributed by atoms with E-state index in [4.69, 9.17) is 0 Å². The van der Waals surface area contributed by atoms with Gasteiger partial charge >= 0.3 is 0 Å². The number of anilines is 1. The molecule has 0 radical (unpaired) electrons. The number of hydrogen-bond acceptors (Lipinski definition) is 7. The smallest absolute Gasteiger partial charge is 0.147 e. The average Bonchev–Trinajstić information content (AvgIpc) is 3.28. The first-order chi connectivity index (χ1) is 11.8. The molecule has 1 aliphatic rings. The highest BCUT2D eigenvalue weighted by Gasteiger charge is 2.24. The van der Waals surface area contributed by atoms with Gasteiger partial charge in [0.1, 0.15) is 12.1 Å². The van der Waals surface area contributed by atoms with Gasteiger partial charge in [-0.25, -0.2) is 9.97 Å². The molecule has 0 aliphatic carbocycles. The maximum Gasteiger partial charge on any atom is 0.147 e. The van der Waals surface area contributed by atoms with E-state index in [1.165, 1.54) is 4.88 Å². The molecule has 0 saturated carbocycles. The molecule has 4 rings (SSSR count). The Morgan fingerprint density at radius 3 is 2.79 bits per heavy atom. The lowest BCUT2D eigenvalue weighted by Gasteiger charge is -2.37. The van der Waals surface area contributed by atoms with Crippen LogP contribution in [0.25, 0.3) is 10.2 Å². The highest BCUT2D eigenvalue weighted by atomic mass is 32.1. The molecule has 126 valence electrons. The van der Waals surface area contributed by atoms with Crippen molar-refractivity contribution in [3.63, 3.8) is 0 Å². The zero-order valence-corrected chi connectivity index (χ0v) is 15.3. The molecular formula is C17H21N5S2. The van der Waals surface area contributed by atoms with E-state index >= 15 is 0 Å². The molecule has 1 aliphatic heterocycles. The number of nitrogens with one attached hydrogen (secondary N) is 1. The second-order valence-electron chi connectivity index (χ2n) is 6.11. The number of likely N-dealkylation sites (N-methyl/N-ethyl adjacent to an activating group) is 1. The molecule has 1 atom stereocenters. The van der Waals surface area contributed by atoms with Crippen LogP contribution < -0.4 is 5.32 Å². The summed E-state index contributed by atoms with van der Waals surface area (Å²) in [5, 5.41) is 7.82. The number of rotatable bonds is 5. The molecule has 4 heterocycles. The number of aromatic nitrogens is 2. The van der Waals surface area contributed by atoms with Gasteiger partial charge in [-0.1, -0.05) is 6.07 Å². The molecule has 3 aromatic rings. The molecule has 5 nitrogen and oxygen atoms in total. The highest BCUT2D eigenvalue weighted by Crippen LogP contribution is 2.29. The van der Waals surface area contributed by atoms with Crippen LogP contribution in [0.1, 0.15) is 10.9 Å². The number of thiophene rings is 2. The Morgan fingerprint density at radius 1 is 1.12 bits per heavy atom. The van der Waals surface area contributed by atoms with Crippen molar-refractivity contribution in [1.29, 1.82) is 0 Å². The lowest BCUT2D eigenvalue weighted by atomic mass is 10.1. The van der Waals surface area contributed by atoms with Crippen LogP contribution in [-0.4, -0.2) is 59.5 Å². The molecule has 0 spiro atoms. The van der Waals surface area contributed by atoms with Crippen molar-refractivity contribution in [3.05, 3.63) is 40.2 Å². The molecule has 0 aromatic carbocycles. The number of piperazine rings is 1. The Balaban J connectivity index is 1.53. The minimum absolute atomic E-state index is 0.392. The monoisotopic (exact) mass is 359 g/mol. The standard InChI is InChI=1S/C17H21N5S2/c1-21-5-7-22(8-6-21)14(15-3-2-9-23-15)11-18-17-16-13(4-10-24-16)19-12-20-17/h2-4,9-10,12,14H,5-8,11H2,1H3,(H,18,19,20)/t14-/m0/s1. The number of nitrogens with zero attached hydrogens (tertiary/aromatic N) is 4. The van der Waals surface area contributed by atoms with Crippen LogP contribution in [-0.2, 0) is 0 Å². The fourth-order valence-electron chi connectivity index (χ4n) is 3.13. The van der Waals surface area contributed by atoms with E-state index in [1.54, 1.807) is 17.7 Å². The largest absolute Gasteiger partial charge is 0.367 e. The second kappa shape index (κ2) is 7.14. The molecule has 0 unspecified atom stereocenters. The van der Waals surface area contributed by atoms with Gasteiger partial charge in [0.05, 0.1) is 16.3 Å². The summed E-state index contributed by atoms with van der Waals surface area (Å²) in [6, 6.07) is 6.83. The van der Waals surface area contributed by atoms with E-state index in [2.05, 4.69) is 55.0 Å². The Bertz CT molecular complexity index is 777. The van der Waals surface area contributed by atoms with Gasteiger partial charge in [-0.15, -0.1) is 22.7 Å². The zero-order valence-electron chi connectivity index (χ0n) is 13.7. The summed E-state index contributed by atoms with van der Waals surface area (Å²) in [6.45, 7) is 5.35. The van der Waals surface area contributed by atoms with Crippen LogP contribution in [0.15, 0.2) is 35.3 Å². The fourth-order valence-corrected chi connectivity index (χ4v) is 4.80. The molecule has 7 heteroatoms. The molecule has 0 amide bonds. The van der Waals surface area contributed by atoms with Crippen molar-refractivity contribution in [2.45, 2.75) is 6.04 Å². The quantitative estimate of drug-likeness (QED) is 0.758. The Morgan fingerprint density at radius 2 is 2.00 bits per heavy atom. The zero-order chi connectivity index (χ0) is 16.4. The first-order valence-electron chi connectivity index (χ1n) is 8.19. The minimum atomic E-state index is 0.392. The van der Waals surface area contributed by atoms with E-state index in [-0.39, 0.29) is 0 Å². The summed E-state index contributed by atoms with van der Waals surface area (Å²) in [7, 11) is 2.20. The van der Waals surface area contributed by atoms with Crippen LogP contribution in [0.2, 0.25) is 0 Å².